The van der Waals surface area contributed by atoms with Gasteiger partial charge in [0.15, 0.2) is 5.82 Å². The molecule has 0 amide bonds. The van der Waals surface area contributed by atoms with Crippen LogP contribution in [0, 0.1) is 0 Å². The van der Waals surface area contributed by atoms with Crippen LogP contribution in [0.5, 0.6) is 11.8 Å². The molecule has 2 N–H and O–H groups in total. The maximum Gasteiger partial charge on any atom is 0.416 e. The van der Waals surface area contributed by atoms with Gasteiger partial charge in [0, 0.05) is 25.0 Å². The summed E-state index contributed by atoms with van der Waals surface area (Å²) in [5, 5.41) is 5.96. The van der Waals surface area contributed by atoms with Crippen molar-refractivity contribution < 1.29 is 22.6 Å². The van der Waals surface area contributed by atoms with Crippen LogP contribution in [-0.2, 0) is 10.9 Å². The van der Waals surface area contributed by atoms with Gasteiger partial charge in [-0.2, -0.15) is 28.1 Å². The van der Waals surface area contributed by atoms with Crippen molar-refractivity contribution in [3.05, 3.63) is 60.2 Å². The van der Waals surface area contributed by atoms with E-state index in [9.17, 15) is 13.2 Å². The zero-order valence-corrected chi connectivity index (χ0v) is 15.6. The fourth-order valence-electron chi connectivity index (χ4n) is 2.76. The van der Waals surface area contributed by atoms with Gasteiger partial charge in [0.25, 0.3) is 0 Å². The van der Waals surface area contributed by atoms with E-state index in [0.29, 0.717) is 31.3 Å². The smallest absolute Gasteiger partial charge is 0.416 e. The molecule has 1 saturated heterocycles. The van der Waals surface area contributed by atoms with E-state index in [1.807, 2.05) is 0 Å². The SMILES string of the molecule is FC(F)(F)c1cccc(Nc2nc(Oc3cccnc3)nc(C3CNCCO3)n2)c1. The van der Waals surface area contributed by atoms with Gasteiger partial charge in [-0.15, -0.1) is 0 Å². The lowest BCUT2D eigenvalue weighted by Gasteiger charge is -2.22. The maximum atomic E-state index is 13.0. The summed E-state index contributed by atoms with van der Waals surface area (Å²) in [5.74, 6) is 0.736. The van der Waals surface area contributed by atoms with Gasteiger partial charge in [-0.3, -0.25) is 4.98 Å². The van der Waals surface area contributed by atoms with Gasteiger partial charge >= 0.3 is 12.2 Å². The second-order valence-electron chi connectivity index (χ2n) is 6.36. The third-order valence-corrected chi connectivity index (χ3v) is 4.14. The third-order valence-electron chi connectivity index (χ3n) is 4.14. The largest absolute Gasteiger partial charge is 0.423 e. The molecule has 11 heteroatoms. The molecule has 0 spiro atoms. The molecule has 3 aromatic rings. The number of hydrogen-bond acceptors (Lipinski definition) is 8. The molecule has 4 rings (SSSR count). The van der Waals surface area contributed by atoms with Crippen molar-refractivity contribution in [3.8, 4) is 11.8 Å². The number of aromatic nitrogens is 4. The number of nitrogens with zero attached hydrogens (tertiary/aromatic N) is 4. The molecule has 0 saturated carbocycles. The van der Waals surface area contributed by atoms with E-state index in [-0.39, 0.29) is 17.6 Å². The average molecular weight is 418 g/mol. The van der Waals surface area contributed by atoms with Crippen molar-refractivity contribution in [3.63, 3.8) is 0 Å². The fraction of sp³-hybridized carbons (Fsp3) is 0.263. The molecule has 0 aliphatic carbocycles. The van der Waals surface area contributed by atoms with Gasteiger partial charge in [-0.05, 0) is 30.3 Å². The van der Waals surface area contributed by atoms with Gasteiger partial charge in [0.1, 0.15) is 11.9 Å². The minimum atomic E-state index is -4.46. The van der Waals surface area contributed by atoms with Crippen LogP contribution in [-0.4, -0.2) is 39.6 Å². The maximum absolute atomic E-state index is 13.0. The van der Waals surface area contributed by atoms with Crippen LogP contribution in [0.3, 0.4) is 0 Å². The number of ether oxygens (including phenoxy) is 2. The normalized spacial score (nSPS) is 16.8. The number of nitrogens with one attached hydrogen (secondary N) is 2. The highest BCUT2D eigenvalue weighted by Gasteiger charge is 2.30. The quantitative estimate of drug-likeness (QED) is 0.651. The fourth-order valence-corrected chi connectivity index (χ4v) is 2.76. The van der Waals surface area contributed by atoms with Crippen LogP contribution < -0.4 is 15.4 Å². The number of pyridine rings is 1. The van der Waals surface area contributed by atoms with Crippen molar-refractivity contribution in [2.24, 2.45) is 0 Å². The Labute approximate surface area is 169 Å². The van der Waals surface area contributed by atoms with E-state index >= 15 is 0 Å². The molecule has 1 unspecified atom stereocenters. The van der Waals surface area contributed by atoms with E-state index in [4.69, 9.17) is 9.47 Å². The molecular weight excluding hydrogens is 401 g/mol. The predicted octanol–water partition coefficient (Wildman–Crippen LogP) is 3.48. The number of anilines is 2. The first kappa shape index (κ1) is 20.0. The van der Waals surface area contributed by atoms with Crippen LogP contribution in [0.25, 0.3) is 0 Å². The van der Waals surface area contributed by atoms with Crippen molar-refractivity contribution >= 4 is 11.6 Å². The standard InChI is InChI=1S/C19H17F3N6O2/c20-19(21,22)12-3-1-4-13(9-12)25-17-26-16(15-11-24-7-8-29-15)27-18(28-17)30-14-5-2-6-23-10-14/h1-6,9-10,15,24H,7-8,11H2,(H,25,26,27,28). The van der Waals surface area contributed by atoms with E-state index in [0.717, 1.165) is 12.1 Å². The topological polar surface area (TPSA) is 94.1 Å². The predicted molar refractivity (Wildman–Crippen MR) is 100 cm³/mol. The minimum absolute atomic E-state index is 0.0309. The average Bonchev–Trinajstić information content (AvgIpc) is 2.74. The Balaban J connectivity index is 1.65. The van der Waals surface area contributed by atoms with E-state index in [1.165, 1.54) is 18.3 Å². The number of benzene rings is 1. The molecule has 30 heavy (non-hydrogen) atoms. The Hall–Kier alpha value is -3.31. The summed E-state index contributed by atoms with van der Waals surface area (Å²) in [6.07, 6.45) is -1.83. The lowest BCUT2D eigenvalue weighted by atomic mass is 10.2. The van der Waals surface area contributed by atoms with Gasteiger partial charge in [-0.1, -0.05) is 6.07 Å². The Bertz CT molecular complexity index is 997. The van der Waals surface area contributed by atoms with Crippen molar-refractivity contribution in [2.75, 3.05) is 25.0 Å². The van der Waals surface area contributed by atoms with Crippen LogP contribution in [0.4, 0.5) is 24.8 Å². The van der Waals surface area contributed by atoms with Crippen molar-refractivity contribution in [1.29, 1.82) is 0 Å². The van der Waals surface area contributed by atoms with E-state index in [1.54, 1.807) is 18.3 Å². The third kappa shape index (κ3) is 4.99. The summed E-state index contributed by atoms with van der Waals surface area (Å²) in [7, 11) is 0. The van der Waals surface area contributed by atoms with E-state index in [2.05, 4.69) is 30.6 Å². The van der Waals surface area contributed by atoms with Crippen molar-refractivity contribution in [1.82, 2.24) is 25.3 Å². The zero-order chi connectivity index (χ0) is 21.0. The Morgan fingerprint density at radius 2 is 2.03 bits per heavy atom. The van der Waals surface area contributed by atoms with Crippen LogP contribution in [0.2, 0.25) is 0 Å². The van der Waals surface area contributed by atoms with Crippen LogP contribution in [0.15, 0.2) is 48.8 Å². The second-order valence-corrected chi connectivity index (χ2v) is 6.36. The summed E-state index contributed by atoms with van der Waals surface area (Å²) in [4.78, 5) is 16.7. The van der Waals surface area contributed by atoms with Crippen molar-refractivity contribution in [2.45, 2.75) is 12.3 Å². The lowest BCUT2D eigenvalue weighted by molar-refractivity contribution is -0.137. The molecule has 3 heterocycles. The highest BCUT2D eigenvalue weighted by Crippen LogP contribution is 2.31. The molecule has 8 nitrogen and oxygen atoms in total. The van der Waals surface area contributed by atoms with Crippen LogP contribution >= 0.6 is 0 Å². The van der Waals surface area contributed by atoms with Gasteiger partial charge in [-0.25, -0.2) is 0 Å². The Kier molecular flexibility index (Phi) is 5.72. The Morgan fingerprint density at radius 3 is 2.77 bits per heavy atom. The number of morpholine rings is 1. The molecule has 0 bridgehead atoms. The summed E-state index contributed by atoms with van der Waals surface area (Å²) in [5.41, 5.74) is -0.606. The highest BCUT2D eigenvalue weighted by molar-refractivity contribution is 5.55. The van der Waals surface area contributed by atoms with Gasteiger partial charge in [0.2, 0.25) is 5.95 Å². The summed E-state index contributed by atoms with van der Waals surface area (Å²) < 4.78 is 50.3. The zero-order valence-electron chi connectivity index (χ0n) is 15.6. The molecule has 1 aliphatic rings. The molecule has 1 aromatic carbocycles. The molecule has 2 aromatic heterocycles. The first-order chi connectivity index (χ1) is 14.5. The summed E-state index contributed by atoms with van der Waals surface area (Å²) in [6.45, 7) is 1.67. The van der Waals surface area contributed by atoms with Crippen LogP contribution in [0.1, 0.15) is 17.5 Å². The number of alkyl halides is 3. The second kappa shape index (κ2) is 8.59. The molecule has 1 aliphatic heterocycles. The van der Waals surface area contributed by atoms with E-state index < -0.39 is 17.8 Å². The first-order valence-electron chi connectivity index (χ1n) is 9.08. The summed E-state index contributed by atoms with van der Waals surface area (Å²) in [6, 6.07) is 8.08. The number of halogens is 3. The molecular formula is C19H17F3N6O2. The number of rotatable bonds is 5. The highest BCUT2D eigenvalue weighted by atomic mass is 19.4. The Morgan fingerprint density at radius 1 is 1.13 bits per heavy atom. The van der Waals surface area contributed by atoms with Gasteiger partial charge < -0.3 is 20.1 Å². The lowest BCUT2D eigenvalue weighted by Crippen LogP contribution is -2.34. The minimum Gasteiger partial charge on any atom is -0.423 e. The first-order valence-corrected chi connectivity index (χ1v) is 9.08. The monoisotopic (exact) mass is 418 g/mol. The molecule has 0 radical (unpaired) electrons. The molecule has 1 atom stereocenters. The molecule has 1 fully saturated rings. The summed E-state index contributed by atoms with van der Waals surface area (Å²) >= 11 is 0. The molecule has 156 valence electrons. The van der Waals surface area contributed by atoms with Gasteiger partial charge in [0.05, 0.1) is 18.4 Å². The number of hydrogen-bond donors (Lipinski definition) is 2.